The lowest BCUT2D eigenvalue weighted by molar-refractivity contribution is 0.123. The van der Waals surface area contributed by atoms with Gasteiger partial charge in [0.15, 0.2) is 0 Å². The Morgan fingerprint density at radius 2 is 1.38 bits per heavy atom. The number of rotatable bonds is 19. The molecule has 0 aromatic rings. The molecule has 0 rings (SSSR count). The van der Waals surface area contributed by atoms with E-state index in [0.717, 1.165) is 25.9 Å². The maximum Gasteiger partial charge on any atom is 0.0817 e. The third kappa shape index (κ3) is 15.4. The zero-order chi connectivity index (χ0) is 17.9. The quantitative estimate of drug-likeness (QED) is 0.271. The normalized spacial score (nSPS) is 14.0. The highest BCUT2D eigenvalue weighted by Gasteiger charge is 2.15. The van der Waals surface area contributed by atoms with Gasteiger partial charge in [-0.05, 0) is 38.9 Å². The molecule has 0 spiro atoms. The maximum absolute atomic E-state index is 10.2. The van der Waals surface area contributed by atoms with E-state index in [4.69, 9.17) is 5.73 Å². The fourth-order valence-corrected chi connectivity index (χ4v) is 3.07. The predicted molar refractivity (Wildman–Crippen MR) is 106 cm³/mol. The summed E-state index contributed by atoms with van der Waals surface area (Å²) < 4.78 is 0. The lowest BCUT2D eigenvalue weighted by Crippen LogP contribution is -2.45. The molecule has 0 aromatic heterocycles. The largest absolute Gasteiger partial charge is 0.390 e. The number of nitrogens with one attached hydrogen (secondary N) is 2. The Bertz CT molecular complexity index is 239. The highest BCUT2D eigenvalue weighted by atomic mass is 16.3. The Morgan fingerprint density at radius 3 is 1.92 bits per heavy atom. The average molecular weight is 344 g/mol. The first kappa shape index (κ1) is 23.8. The van der Waals surface area contributed by atoms with Crippen LogP contribution < -0.4 is 16.4 Å². The van der Waals surface area contributed by atoms with Crippen LogP contribution in [0.1, 0.15) is 90.9 Å². The number of unbranched alkanes of at least 4 members (excludes halogenated alkanes) is 9. The van der Waals surface area contributed by atoms with E-state index in [-0.39, 0.29) is 12.1 Å². The number of nitrogens with two attached hydrogens (primary N) is 1. The van der Waals surface area contributed by atoms with E-state index in [9.17, 15) is 5.11 Å². The van der Waals surface area contributed by atoms with E-state index >= 15 is 0 Å². The van der Waals surface area contributed by atoms with Gasteiger partial charge in [0.1, 0.15) is 0 Å². The van der Waals surface area contributed by atoms with Crippen LogP contribution in [0.5, 0.6) is 0 Å². The van der Waals surface area contributed by atoms with E-state index in [1.165, 1.54) is 64.2 Å². The van der Waals surface area contributed by atoms with Crippen LogP contribution in [0.15, 0.2) is 0 Å². The Morgan fingerprint density at radius 1 is 0.792 bits per heavy atom. The molecule has 0 saturated carbocycles. The number of aliphatic hydroxyl groups excluding tert-OH is 1. The summed E-state index contributed by atoms with van der Waals surface area (Å²) in [4.78, 5) is 0. The second kappa shape index (κ2) is 19.2. The molecule has 0 aliphatic heterocycles. The van der Waals surface area contributed by atoms with Crippen LogP contribution in [-0.4, -0.2) is 43.4 Å². The van der Waals surface area contributed by atoms with Crippen molar-refractivity contribution >= 4 is 0 Å². The molecule has 0 heterocycles. The van der Waals surface area contributed by atoms with Gasteiger partial charge in [0.2, 0.25) is 0 Å². The third-order valence-electron chi connectivity index (χ3n) is 4.75. The highest BCUT2D eigenvalue weighted by Crippen LogP contribution is 2.10. The lowest BCUT2D eigenvalue weighted by atomic mass is 10.1. The van der Waals surface area contributed by atoms with Gasteiger partial charge < -0.3 is 21.5 Å². The van der Waals surface area contributed by atoms with Gasteiger partial charge in [-0.3, -0.25) is 0 Å². The van der Waals surface area contributed by atoms with Crippen molar-refractivity contribution in [3.05, 3.63) is 0 Å². The summed E-state index contributed by atoms with van der Waals surface area (Å²) in [5.74, 6) is 0. The molecule has 146 valence electrons. The monoisotopic (exact) mass is 343 g/mol. The Hall–Kier alpha value is -0.160. The second-order valence-electron chi connectivity index (χ2n) is 7.06. The van der Waals surface area contributed by atoms with Crippen LogP contribution in [-0.2, 0) is 0 Å². The van der Waals surface area contributed by atoms with Gasteiger partial charge in [0.25, 0.3) is 0 Å². The van der Waals surface area contributed by atoms with E-state index in [1.54, 1.807) is 0 Å². The molecule has 0 aliphatic carbocycles. The molecule has 0 amide bonds. The average Bonchev–Trinajstić information content (AvgIpc) is 2.59. The van der Waals surface area contributed by atoms with Gasteiger partial charge in [-0.15, -0.1) is 0 Å². The zero-order valence-electron chi connectivity index (χ0n) is 16.5. The van der Waals surface area contributed by atoms with Gasteiger partial charge in [-0.1, -0.05) is 71.6 Å². The van der Waals surface area contributed by atoms with Crippen molar-refractivity contribution in [1.29, 1.82) is 0 Å². The first-order valence-electron chi connectivity index (χ1n) is 10.6. The van der Waals surface area contributed by atoms with Crippen LogP contribution in [0.25, 0.3) is 0 Å². The second-order valence-corrected chi connectivity index (χ2v) is 7.06. The molecule has 0 radical (unpaired) electrons. The summed E-state index contributed by atoms with van der Waals surface area (Å²) in [6, 6.07) is 0.203. The van der Waals surface area contributed by atoms with Crippen molar-refractivity contribution in [3.63, 3.8) is 0 Å². The van der Waals surface area contributed by atoms with E-state index < -0.39 is 0 Å². The summed E-state index contributed by atoms with van der Waals surface area (Å²) in [7, 11) is 0. The van der Waals surface area contributed by atoms with Crippen molar-refractivity contribution in [2.75, 3.05) is 26.2 Å². The molecule has 4 nitrogen and oxygen atoms in total. The minimum absolute atomic E-state index is 0.203. The minimum atomic E-state index is -0.309. The van der Waals surface area contributed by atoms with Crippen LogP contribution in [0.4, 0.5) is 0 Å². The number of hydrogen-bond donors (Lipinski definition) is 4. The Kier molecular flexibility index (Phi) is 19.0. The van der Waals surface area contributed by atoms with Crippen molar-refractivity contribution in [1.82, 2.24) is 10.6 Å². The van der Waals surface area contributed by atoms with Crippen molar-refractivity contribution in [2.45, 2.75) is 103 Å². The van der Waals surface area contributed by atoms with E-state index in [0.29, 0.717) is 13.1 Å². The van der Waals surface area contributed by atoms with Crippen LogP contribution in [0, 0.1) is 0 Å². The van der Waals surface area contributed by atoms with Gasteiger partial charge >= 0.3 is 0 Å². The number of hydrogen-bond acceptors (Lipinski definition) is 4. The van der Waals surface area contributed by atoms with Crippen molar-refractivity contribution < 1.29 is 5.11 Å². The highest BCUT2D eigenvalue weighted by molar-refractivity contribution is 4.76. The summed E-state index contributed by atoms with van der Waals surface area (Å²) in [6.07, 6.45) is 15.3. The summed E-state index contributed by atoms with van der Waals surface area (Å²) in [5.41, 5.74) is 5.47. The standard InChI is InChI=1S/C20H45N3O/c1-3-5-6-7-8-9-10-11-12-13-17-23-19(4-2)20(24)18-22-16-14-15-21/h19-20,22-24H,3-18,21H2,1-2H3. The molecule has 0 fully saturated rings. The number of aliphatic hydroxyl groups is 1. The van der Waals surface area contributed by atoms with Crippen molar-refractivity contribution in [2.24, 2.45) is 5.73 Å². The fourth-order valence-electron chi connectivity index (χ4n) is 3.07. The van der Waals surface area contributed by atoms with E-state index in [2.05, 4.69) is 24.5 Å². The Balaban J connectivity index is 3.42. The van der Waals surface area contributed by atoms with Crippen LogP contribution >= 0.6 is 0 Å². The molecular formula is C20H45N3O. The summed E-state index contributed by atoms with van der Waals surface area (Å²) >= 11 is 0. The zero-order valence-corrected chi connectivity index (χ0v) is 16.5. The molecule has 0 bridgehead atoms. The molecule has 4 heteroatoms. The molecule has 2 unspecified atom stereocenters. The molecule has 0 aliphatic rings. The third-order valence-corrected chi connectivity index (χ3v) is 4.75. The topological polar surface area (TPSA) is 70.3 Å². The van der Waals surface area contributed by atoms with E-state index in [1.807, 2.05) is 0 Å². The van der Waals surface area contributed by atoms with Gasteiger partial charge in [-0.25, -0.2) is 0 Å². The van der Waals surface area contributed by atoms with Gasteiger partial charge in [-0.2, -0.15) is 0 Å². The molecule has 0 aromatic carbocycles. The minimum Gasteiger partial charge on any atom is -0.390 e. The van der Waals surface area contributed by atoms with Gasteiger partial charge in [0.05, 0.1) is 6.10 Å². The lowest BCUT2D eigenvalue weighted by Gasteiger charge is -2.23. The molecule has 24 heavy (non-hydrogen) atoms. The SMILES string of the molecule is CCCCCCCCCCCCNC(CC)C(O)CNCCCN. The fraction of sp³-hybridized carbons (Fsp3) is 1.00. The molecule has 0 saturated heterocycles. The van der Waals surface area contributed by atoms with Crippen LogP contribution in [0.2, 0.25) is 0 Å². The first-order chi connectivity index (χ1) is 11.8. The first-order valence-corrected chi connectivity index (χ1v) is 10.6. The summed E-state index contributed by atoms with van der Waals surface area (Å²) in [6.45, 7) is 7.69. The van der Waals surface area contributed by atoms with Crippen molar-refractivity contribution in [3.8, 4) is 0 Å². The smallest absolute Gasteiger partial charge is 0.0817 e. The van der Waals surface area contributed by atoms with Crippen LogP contribution in [0.3, 0.4) is 0 Å². The summed E-state index contributed by atoms with van der Waals surface area (Å²) in [5, 5.41) is 17.0. The predicted octanol–water partition coefficient (Wildman–Crippen LogP) is 3.57. The molecule has 2 atom stereocenters. The van der Waals surface area contributed by atoms with Gasteiger partial charge in [0, 0.05) is 12.6 Å². The Labute approximate surface area is 151 Å². The molecular weight excluding hydrogens is 298 g/mol. The molecule has 5 N–H and O–H groups in total. The maximum atomic E-state index is 10.2.